The average Bonchev–Trinajstić information content (AvgIpc) is 2.97. The number of amidine groups is 1. The molecule has 0 atom stereocenters. The minimum atomic E-state index is -5.08. The third-order valence-electron chi connectivity index (χ3n) is 2.81. The molecule has 148 valence electrons. The topological polar surface area (TPSA) is 131 Å². The van der Waals surface area contributed by atoms with Crippen LogP contribution in [0.4, 0.5) is 13.2 Å². The minimum absolute atomic E-state index is 0.0797. The molecule has 13 heteroatoms. The van der Waals surface area contributed by atoms with Crippen LogP contribution < -0.4 is 10.5 Å². The van der Waals surface area contributed by atoms with Crippen LogP contribution in [0.15, 0.2) is 43.9 Å². The summed E-state index contributed by atoms with van der Waals surface area (Å²) in [7, 11) is -2.32. The zero-order valence-corrected chi connectivity index (χ0v) is 16.6. The highest BCUT2D eigenvalue weighted by Gasteiger charge is 2.38. The smallest absolute Gasteiger partial charge is 0.490 e. The highest BCUT2D eigenvalue weighted by Crippen LogP contribution is 2.37. The molecule has 0 fully saturated rings. The van der Waals surface area contributed by atoms with Crippen molar-refractivity contribution < 1.29 is 36.2 Å². The van der Waals surface area contributed by atoms with E-state index in [-0.39, 0.29) is 21.4 Å². The monoisotopic (exact) mass is 488 g/mol. The van der Waals surface area contributed by atoms with Crippen LogP contribution in [0, 0.1) is 5.41 Å². The summed E-state index contributed by atoms with van der Waals surface area (Å²) in [6.07, 6.45) is -5.08. The summed E-state index contributed by atoms with van der Waals surface area (Å²) in [5.74, 6) is -2.65. The minimum Gasteiger partial charge on any atom is -0.495 e. The van der Waals surface area contributed by atoms with Crippen molar-refractivity contribution in [2.45, 2.75) is 16.0 Å². The first kappa shape index (κ1) is 22.9. The number of ether oxygens (including phenoxy) is 1. The van der Waals surface area contributed by atoms with E-state index in [0.717, 1.165) is 11.3 Å². The molecule has 27 heavy (non-hydrogen) atoms. The molecule has 1 aromatic heterocycles. The zero-order valence-electron chi connectivity index (χ0n) is 13.4. The maximum Gasteiger partial charge on any atom is 0.490 e. The summed E-state index contributed by atoms with van der Waals surface area (Å²) in [6.45, 7) is 0. The second-order valence-corrected chi connectivity index (χ2v) is 8.88. The largest absolute Gasteiger partial charge is 0.495 e. The van der Waals surface area contributed by atoms with Crippen molar-refractivity contribution in [3.05, 3.63) is 39.0 Å². The molecule has 1 aromatic carbocycles. The lowest BCUT2D eigenvalue weighted by Crippen LogP contribution is -2.21. The van der Waals surface area contributed by atoms with Gasteiger partial charge in [0.1, 0.15) is 16.5 Å². The number of hydrogen-bond donors (Lipinski definition) is 3. The van der Waals surface area contributed by atoms with E-state index < -0.39 is 22.0 Å². The number of thiophene rings is 1. The highest BCUT2D eigenvalue weighted by atomic mass is 79.9. The third kappa shape index (κ3) is 5.68. The predicted molar refractivity (Wildman–Crippen MR) is 95.2 cm³/mol. The molecule has 0 radical (unpaired) electrons. The van der Waals surface area contributed by atoms with Gasteiger partial charge in [0.05, 0.1) is 20.7 Å². The Hall–Kier alpha value is -2.12. The summed E-state index contributed by atoms with van der Waals surface area (Å²) < 4.78 is 62.5. The fraction of sp³-hybridized carbons (Fsp3) is 0.143. The predicted octanol–water partition coefficient (Wildman–Crippen LogP) is 3.27. The van der Waals surface area contributed by atoms with Gasteiger partial charge in [-0.2, -0.15) is 13.2 Å². The molecule has 0 aliphatic carbocycles. The van der Waals surface area contributed by atoms with E-state index in [2.05, 4.69) is 15.9 Å². The number of nitrogens with one attached hydrogen (secondary N) is 1. The molecule has 7 nitrogen and oxygen atoms in total. The van der Waals surface area contributed by atoms with E-state index in [1.165, 1.54) is 19.2 Å². The number of nitrogens with two attached hydrogens (primary N) is 1. The van der Waals surface area contributed by atoms with Gasteiger partial charge in [-0.05, 0) is 34.1 Å². The number of rotatable bonds is 4. The molecule has 2 rings (SSSR count). The van der Waals surface area contributed by atoms with Crippen LogP contribution in [0.5, 0.6) is 5.75 Å². The number of carboxylic acid groups (broad SMARTS) is 1. The standard InChI is InChI=1S/C12H11BrN2O3S2.C2HF3O2/c1-18-7-4-2-3-5-9(7)20(16,17)10-6-8(12(14)15)19-11(10)13;3-2(4,5)1(6)7/h2-6H,1H3,(H3,14,15);(H,6,7). The third-order valence-corrected chi connectivity index (χ3v) is 6.89. The van der Waals surface area contributed by atoms with E-state index in [4.69, 9.17) is 25.8 Å². The molecule has 0 spiro atoms. The molecular weight excluding hydrogens is 477 g/mol. The normalized spacial score (nSPS) is 11.3. The van der Waals surface area contributed by atoms with Gasteiger partial charge >= 0.3 is 12.1 Å². The number of methoxy groups -OCH3 is 1. The Morgan fingerprint density at radius 3 is 2.22 bits per heavy atom. The summed E-state index contributed by atoms with van der Waals surface area (Å²) in [4.78, 5) is 9.45. The second kappa shape index (κ2) is 8.71. The number of carbonyl (C=O) groups is 1. The maximum atomic E-state index is 12.7. The molecule has 4 N–H and O–H groups in total. The van der Waals surface area contributed by atoms with E-state index in [1.54, 1.807) is 18.2 Å². The van der Waals surface area contributed by atoms with Crippen LogP contribution in [-0.4, -0.2) is 38.6 Å². The molecule has 0 aliphatic heterocycles. The Morgan fingerprint density at radius 2 is 1.81 bits per heavy atom. The first-order chi connectivity index (χ1) is 12.3. The average molecular weight is 489 g/mol. The van der Waals surface area contributed by atoms with Crippen molar-refractivity contribution in [1.29, 1.82) is 5.41 Å². The van der Waals surface area contributed by atoms with Gasteiger partial charge in [0, 0.05) is 0 Å². The number of alkyl halides is 3. The molecule has 0 saturated heterocycles. The Labute approximate surface area is 164 Å². The Bertz CT molecular complexity index is 958. The molecule has 0 saturated carbocycles. The number of benzene rings is 1. The van der Waals surface area contributed by atoms with Gasteiger partial charge in [-0.15, -0.1) is 11.3 Å². The van der Waals surface area contributed by atoms with E-state index >= 15 is 0 Å². The molecule has 0 unspecified atom stereocenters. The van der Waals surface area contributed by atoms with Crippen LogP contribution in [0.25, 0.3) is 0 Å². The number of halogens is 4. The summed E-state index contributed by atoms with van der Waals surface area (Å²) in [5, 5.41) is 14.5. The molecule has 2 aromatic rings. The fourth-order valence-corrected chi connectivity index (χ4v) is 5.47. The lowest BCUT2D eigenvalue weighted by Gasteiger charge is -2.08. The van der Waals surface area contributed by atoms with Gasteiger partial charge in [-0.25, -0.2) is 13.2 Å². The van der Waals surface area contributed by atoms with Gasteiger partial charge in [-0.3, -0.25) is 5.41 Å². The van der Waals surface area contributed by atoms with E-state index in [0.29, 0.717) is 8.66 Å². The van der Waals surface area contributed by atoms with Crippen molar-refractivity contribution in [3.8, 4) is 5.75 Å². The van der Waals surface area contributed by atoms with Crippen LogP contribution in [-0.2, 0) is 14.6 Å². The van der Waals surface area contributed by atoms with E-state index in [1.807, 2.05) is 0 Å². The van der Waals surface area contributed by atoms with Gasteiger partial charge in [0.15, 0.2) is 0 Å². The number of nitrogen functional groups attached to an aromatic ring is 1. The number of sulfone groups is 1. The number of hydrogen-bond acceptors (Lipinski definition) is 6. The second-order valence-electron chi connectivity index (χ2n) is 4.62. The Morgan fingerprint density at radius 1 is 1.30 bits per heavy atom. The van der Waals surface area contributed by atoms with Gasteiger partial charge in [-0.1, -0.05) is 12.1 Å². The summed E-state index contributed by atoms with van der Waals surface area (Å²) in [5.41, 5.74) is 5.39. The van der Waals surface area contributed by atoms with Crippen molar-refractivity contribution in [3.63, 3.8) is 0 Å². The number of para-hydroxylation sites is 1. The van der Waals surface area contributed by atoms with Crippen molar-refractivity contribution in [1.82, 2.24) is 0 Å². The lowest BCUT2D eigenvalue weighted by molar-refractivity contribution is -0.192. The van der Waals surface area contributed by atoms with Crippen molar-refractivity contribution >= 4 is 48.9 Å². The molecule has 0 bridgehead atoms. The molecule has 0 amide bonds. The maximum absolute atomic E-state index is 12.7. The summed E-state index contributed by atoms with van der Waals surface area (Å²) >= 11 is 4.32. The quantitative estimate of drug-likeness (QED) is 0.447. The van der Waals surface area contributed by atoms with Crippen LogP contribution >= 0.6 is 27.3 Å². The van der Waals surface area contributed by atoms with E-state index in [9.17, 15) is 21.6 Å². The molecule has 0 aliphatic rings. The zero-order chi connectivity index (χ0) is 21.0. The summed E-state index contributed by atoms with van der Waals surface area (Å²) in [6, 6.07) is 7.77. The van der Waals surface area contributed by atoms with Crippen molar-refractivity contribution in [2.24, 2.45) is 5.73 Å². The van der Waals surface area contributed by atoms with Gasteiger partial charge in [0.25, 0.3) is 0 Å². The Kier molecular flexibility index (Phi) is 7.40. The number of carboxylic acids is 1. The van der Waals surface area contributed by atoms with Gasteiger partial charge in [0.2, 0.25) is 9.84 Å². The first-order valence-corrected chi connectivity index (χ1v) is 9.73. The van der Waals surface area contributed by atoms with Crippen LogP contribution in [0.3, 0.4) is 0 Å². The lowest BCUT2D eigenvalue weighted by atomic mass is 10.3. The first-order valence-electron chi connectivity index (χ1n) is 6.64. The molecular formula is C14H12BrF3N2O5S2. The van der Waals surface area contributed by atoms with Crippen LogP contribution in [0.1, 0.15) is 4.88 Å². The Balaban J connectivity index is 0.000000445. The van der Waals surface area contributed by atoms with Gasteiger partial charge < -0.3 is 15.6 Å². The fourth-order valence-electron chi connectivity index (χ4n) is 1.63. The highest BCUT2D eigenvalue weighted by molar-refractivity contribution is 9.11. The SMILES string of the molecule is COc1ccccc1S(=O)(=O)c1cc(C(=N)N)sc1Br.O=C(O)C(F)(F)F. The van der Waals surface area contributed by atoms with Crippen LogP contribution in [0.2, 0.25) is 0 Å². The number of aliphatic carboxylic acids is 1. The van der Waals surface area contributed by atoms with Crippen molar-refractivity contribution in [2.75, 3.05) is 7.11 Å². The molecule has 1 heterocycles.